The van der Waals surface area contributed by atoms with E-state index in [-0.39, 0.29) is 0 Å². The van der Waals surface area contributed by atoms with Crippen LogP contribution in [0.4, 0.5) is 0 Å². The van der Waals surface area contributed by atoms with E-state index in [1.165, 1.54) is 0 Å². The zero-order chi connectivity index (χ0) is 11.8. The lowest BCUT2D eigenvalue weighted by Crippen LogP contribution is -2.55. The van der Waals surface area contributed by atoms with Crippen LogP contribution in [0.1, 0.15) is 51.4 Å². The Hall–Kier alpha value is -0.580. The van der Waals surface area contributed by atoms with Crippen LogP contribution in [-0.4, -0.2) is 29.5 Å². The fraction of sp³-hybridized carbons (Fsp3) is 0.909. The lowest BCUT2D eigenvalue weighted by molar-refractivity contribution is -0.142. The minimum absolute atomic E-state index is 0.307. The molecule has 0 aromatic carbocycles. The molecule has 0 aromatic heterocycles. The summed E-state index contributed by atoms with van der Waals surface area (Å²) < 4.78 is 23.3. The highest BCUT2D eigenvalue weighted by atomic mass is 32.2. The highest BCUT2D eigenvalue weighted by Crippen LogP contribution is 2.44. The van der Waals surface area contributed by atoms with Crippen LogP contribution < -0.4 is 0 Å². The average molecular weight is 246 g/mol. The molecule has 16 heavy (non-hydrogen) atoms. The number of aliphatic carboxylic acids is 1. The molecule has 4 nitrogen and oxygen atoms in total. The van der Waals surface area contributed by atoms with E-state index in [0.717, 1.165) is 25.7 Å². The normalized spacial score (nSPS) is 26.0. The van der Waals surface area contributed by atoms with Crippen molar-refractivity contribution in [1.29, 1.82) is 0 Å². The zero-order valence-corrected chi connectivity index (χ0v) is 10.1. The molecule has 2 aliphatic rings. The van der Waals surface area contributed by atoms with E-state index in [4.69, 9.17) is 0 Å². The molecule has 0 aromatic rings. The van der Waals surface area contributed by atoms with Gasteiger partial charge in [-0.15, -0.1) is 0 Å². The molecule has 0 radical (unpaired) electrons. The molecule has 2 rings (SSSR count). The van der Waals surface area contributed by atoms with Gasteiger partial charge in [0.2, 0.25) is 0 Å². The fourth-order valence-corrected chi connectivity index (χ4v) is 5.51. The highest BCUT2D eigenvalue weighted by Gasteiger charge is 2.57. The van der Waals surface area contributed by atoms with Gasteiger partial charge >= 0.3 is 5.97 Å². The van der Waals surface area contributed by atoms with Crippen LogP contribution in [-0.2, 0) is 14.6 Å². The molecule has 2 aliphatic carbocycles. The first-order valence-corrected chi connectivity index (χ1v) is 7.52. The van der Waals surface area contributed by atoms with Crippen molar-refractivity contribution in [2.24, 2.45) is 0 Å². The van der Waals surface area contributed by atoms with Crippen molar-refractivity contribution in [3.05, 3.63) is 0 Å². The van der Waals surface area contributed by atoms with Gasteiger partial charge in [0.05, 0.1) is 5.25 Å². The van der Waals surface area contributed by atoms with Gasteiger partial charge in [-0.25, -0.2) is 8.42 Å². The summed E-state index contributed by atoms with van der Waals surface area (Å²) in [6.45, 7) is 0. The van der Waals surface area contributed by atoms with Gasteiger partial charge in [0.1, 0.15) is 0 Å². The van der Waals surface area contributed by atoms with Gasteiger partial charge in [-0.1, -0.05) is 19.3 Å². The Kier molecular flexibility index (Phi) is 2.99. The van der Waals surface area contributed by atoms with Crippen LogP contribution >= 0.6 is 0 Å². The number of carbonyl (C=O) groups is 1. The number of sulfone groups is 1. The molecule has 1 N–H and O–H groups in total. The SMILES string of the molecule is O=C(O)C1(S(=O)(=O)C2CCCCC2)CCC1. The zero-order valence-electron chi connectivity index (χ0n) is 9.31. The molecule has 0 heterocycles. The van der Waals surface area contributed by atoms with Crippen LogP contribution in [0.2, 0.25) is 0 Å². The van der Waals surface area contributed by atoms with E-state index in [1.807, 2.05) is 0 Å². The summed E-state index contributed by atoms with van der Waals surface area (Å²) in [6.07, 6.45) is 5.54. The molecule has 0 atom stereocenters. The molecule has 92 valence electrons. The first-order valence-electron chi connectivity index (χ1n) is 5.97. The monoisotopic (exact) mass is 246 g/mol. The number of carboxylic acids is 1. The predicted molar refractivity (Wildman–Crippen MR) is 60.0 cm³/mol. The summed E-state index contributed by atoms with van der Waals surface area (Å²) in [5, 5.41) is 8.77. The Morgan fingerprint density at radius 1 is 1.06 bits per heavy atom. The molecule has 0 unspecified atom stereocenters. The lowest BCUT2D eigenvalue weighted by atomic mass is 9.84. The van der Waals surface area contributed by atoms with Crippen LogP contribution in [0, 0.1) is 0 Å². The number of rotatable bonds is 3. The maximum absolute atomic E-state index is 12.4. The first-order chi connectivity index (χ1) is 7.51. The summed E-state index contributed by atoms with van der Waals surface area (Å²) in [5.74, 6) is -1.13. The summed E-state index contributed by atoms with van der Waals surface area (Å²) >= 11 is 0. The third-order valence-corrected chi connectivity index (χ3v) is 7.11. The average Bonchev–Trinajstić information content (AvgIpc) is 2.16. The second-order valence-corrected chi connectivity index (χ2v) is 7.50. The van der Waals surface area contributed by atoms with Crippen LogP contribution in [0.5, 0.6) is 0 Å². The maximum atomic E-state index is 12.4. The highest BCUT2D eigenvalue weighted by molar-refractivity contribution is 7.94. The molecule has 2 saturated carbocycles. The smallest absolute Gasteiger partial charge is 0.325 e. The van der Waals surface area contributed by atoms with Gasteiger partial charge in [0, 0.05) is 0 Å². The number of hydrogen-bond acceptors (Lipinski definition) is 3. The number of carboxylic acid groups (broad SMARTS) is 1. The number of hydrogen-bond donors (Lipinski definition) is 1. The minimum Gasteiger partial charge on any atom is -0.480 e. The third kappa shape index (κ3) is 1.56. The second kappa shape index (κ2) is 4.02. The molecule has 5 heteroatoms. The van der Waals surface area contributed by atoms with E-state index in [9.17, 15) is 18.3 Å². The molecular formula is C11H18O4S. The topological polar surface area (TPSA) is 71.4 Å². The maximum Gasteiger partial charge on any atom is 0.325 e. The Morgan fingerprint density at radius 2 is 1.62 bits per heavy atom. The van der Waals surface area contributed by atoms with Gasteiger partial charge in [-0.3, -0.25) is 4.79 Å². The molecule has 0 spiro atoms. The van der Waals surface area contributed by atoms with Gasteiger partial charge < -0.3 is 5.11 Å². The first kappa shape index (κ1) is 11.9. The summed E-state index contributed by atoms with van der Waals surface area (Å²) in [7, 11) is -3.49. The van der Waals surface area contributed by atoms with Crippen molar-refractivity contribution in [3.8, 4) is 0 Å². The van der Waals surface area contributed by atoms with Crippen molar-refractivity contribution in [2.75, 3.05) is 0 Å². The van der Waals surface area contributed by atoms with E-state index >= 15 is 0 Å². The van der Waals surface area contributed by atoms with Gasteiger partial charge in [0.25, 0.3) is 0 Å². The largest absolute Gasteiger partial charge is 0.480 e. The van der Waals surface area contributed by atoms with Crippen LogP contribution in [0.15, 0.2) is 0 Å². The van der Waals surface area contributed by atoms with Crippen molar-refractivity contribution in [1.82, 2.24) is 0 Å². The Balaban J connectivity index is 2.26. The standard InChI is InChI=1S/C11H18O4S/c12-10(13)11(7-4-8-11)16(14,15)9-5-2-1-3-6-9/h9H,1-8H2,(H,12,13). The Bertz CT molecular complexity index is 375. The Labute approximate surface area is 96.0 Å². The Morgan fingerprint density at radius 3 is 2.00 bits per heavy atom. The van der Waals surface area contributed by atoms with E-state index in [1.54, 1.807) is 0 Å². The molecular weight excluding hydrogens is 228 g/mol. The van der Waals surface area contributed by atoms with Crippen LogP contribution in [0.25, 0.3) is 0 Å². The van der Waals surface area contributed by atoms with E-state index < -0.39 is 25.8 Å². The molecule has 0 bridgehead atoms. The van der Waals surface area contributed by atoms with Crippen molar-refractivity contribution in [3.63, 3.8) is 0 Å². The van der Waals surface area contributed by atoms with Gasteiger partial charge in [-0.05, 0) is 32.1 Å². The molecule has 2 fully saturated rings. The van der Waals surface area contributed by atoms with E-state index in [0.29, 0.717) is 25.7 Å². The quantitative estimate of drug-likeness (QED) is 0.823. The summed E-state index contributed by atoms with van der Waals surface area (Å²) in [6, 6.07) is 0. The molecule has 0 aliphatic heterocycles. The molecule has 0 saturated heterocycles. The summed E-state index contributed by atoms with van der Waals surface area (Å²) in [4.78, 5) is 11.2. The predicted octanol–water partition coefficient (Wildman–Crippen LogP) is 1.74. The van der Waals surface area contributed by atoms with Crippen molar-refractivity contribution < 1.29 is 18.3 Å². The van der Waals surface area contributed by atoms with Crippen molar-refractivity contribution >= 4 is 15.8 Å². The summed E-state index contributed by atoms with van der Waals surface area (Å²) in [5.41, 5.74) is 0. The van der Waals surface area contributed by atoms with Gasteiger partial charge in [-0.2, -0.15) is 0 Å². The van der Waals surface area contributed by atoms with Crippen LogP contribution in [0.3, 0.4) is 0 Å². The van der Waals surface area contributed by atoms with E-state index in [2.05, 4.69) is 0 Å². The minimum atomic E-state index is -3.49. The fourth-order valence-electron chi connectivity index (χ4n) is 2.81. The molecule has 0 amide bonds. The third-order valence-electron chi connectivity index (χ3n) is 4.09. The van der Waals surface area contributed by atoms with Gasteiger partial charge in [0.15, 0.2) is 14.6 Å². The lowest BCUT2D eigenvalue weighted by Gasteiger charge is -2.40. The van der Waals surface area contributed by atoms with Crippen molar-refractivity contribution in [2.45, 2.75) is 61.4 Å². The second-order valence-electron chi connectivity index (χ2n) is 4.96.